The summed E-state index contributed by atoms with van der Waals surface area (Å²) in [5, 5.41) is 4.12. The van der Waals surface area contributed by atoms with Crippen molar-refractivity contribution in [3.05, 3.63) is 59.2 Å². The van der Waals surface area contributed by atoms with Crippen molar-refractivity contribution in [2.75, 3.05) is 13.1 Å². The van der Waals surface area contributed by atoms with Gasteiger partial charge in [-0.05, 0) is 57.4 Å². The van der Waals surface area contributed by atoms with E-state index in [1.807, 2.05) is 55.1 Å². The number of hydrogen-bond acceptors (Lipinski definition) is 4. The van der Waals surface area contributed by atoms with Crippen LogP contribution in [0.4, 0.5) is 0 Å². The van der Waals surface area contributed by atoms with E-state index in [9.17, 15) is 4.79 Å². The number of amides is 1. The van der Waals surface area contributed by atoms with Crippen molar-refractivity contribution in [2.24, 2.45) is 0 Å². The molecule has 1 saturated heterocycles. The second kappa shape index (κ2) is 7.35. The molecular weight excluding hydrogens is 338 g/mol. The molecule has 4 rings (SSSR count). The monoisotopic (exact) mass is 361 g/mol. The number of aromatic nitrogens is 2. The van der Waals surface area contributed by atoms with Crippen molar-refractivity contribution in [1.82, 2.24) is 15.0 Å². The van der Waals surface area contributed by atoms with Crippen LogP contribution in [0.1, 0.15) is 40.7 Å². The number of hydrogen-bond donors (Lipinski definition) is 0. The summed E-state index contributed by atoms with van der Waals surface area (Å²) in [6.45, 7) is 5.76. The van der Waals surface area contributed by atoms with Gasteiger partial charge in [-0.25, -0.2) is 0 Å². The number of nitrogens with zero attached hydrogens (tertiary/aromatic N) is 3. The minimum absolute atomic E-state index is 0.0783. The third-order valence-corrected chi connectivity index (χ3v) is 4.91. The molecule has 0 unspecified atom stereocenters. The van der Waals surface area contributed by atoms with Gasteiger partial charge in [0.15, 0.2) is 0 Å². The van der Waals surface area contributed by atoms with Gasteiger partial charge in [-0.3, -0.25) is 4.79 Å². The third kappa shape index (κ3) is 3.77. The van der Waals surface area contributed by atoms with Gasteiger partial charge in [0.25, 0.3) is 11.8 Å². The molecule has 0 spiro atoms. The number of benzene rings is 2. The summed E-state index contributed by atoms with van der Waals surface area (Å²) in [7, 11) is 0. The van der Waals surface area contributed by atoms with Crippen molar-refractivity contribution < 1.29 is 9.32 Å². The first-order valence-corrected chi connectivity index (χ1v) is 9.42. The molecule has 5 nitrogen and oxygen atoms in total. The average Bonchev–Trinajstić information content (AvgIpc) is 3.18. The molecule has 2 aromatic carbocycles. The van der Waals surface area contributed by atoms with Crippen LogP contribution in [0, 0.1) is 13.8 Å². The van der Waals surface area contributed by atoms with E-state index in [1.165, 1.54) is 6.42 Å². The molecule has 1 aromatic heterocycles. The van der Waals surface area contributed by atoms with Crippen molar-refractivity contribution in [2.45, 2.75) is 33.1 Å². The fraction of sp³-hybridized carbons (Fsp3) is 0.318. The molecule has 1 fully saturated rings. The standard InChI is InChI=1S/C22H23N3O2/c1-15-11-16(2)13-19(12-15)21-23-20(24-27-21)17-7-6-8-18(14-17)22(26)25-9-4-3-5-10-25/h6-8,11-14H,3-5,9-10H2,1-2H3. The van der Waals surface area contributed by atoms with E-state index in [0.717, 1.165) is 48.2 Å². The molecule has 0 saturated carbocycles. The van der Waals surface area contributed by atoms with Crippen LogP contribution in [0.2, 0.25) is 0 Å². The lowest BCUT2D eigenvalue weighted by Crippen LogP contribution is -2.35. The average molecular weight is 361 g/mol. The lowest BCUT2D eigenvalue weighted by Gasteiger charge is -2.26. The molecule has 0 radical (unpaired) electrons. The number of likely N-dealkylation sites (tertiary alicyclic amines) is 1. The zero-order chi connectivity index (χ0) is 18.8. The van der Waals surface area contributed by atoms with Crippen LogP contribution in [0.3, 0.4) is 0 Å². The zero-order valence-electron chi connectivity index (χ0n) is 15.7. The Morgan fingerprint density at radius 1 is 0.963 bits per heavy atom. The molecule has 0 N–H and O–H groups in total. The van der Waals surface area contributed by atoms with Crippen molar-refractivity contribution in [3.8, 4) is 22.8 Å². The van der Waals surface area contributed by atoms with Crippen LogP contribution in [-0.2, 0) is 0 Å². The summed E-state index contributed by atoms with van der Waals surface area (Å²) >= 11 is 0. The highest BCUT2D eigenvalue weighted by Gasteiger charge is 2.19. The van der Waals surface area contributed by atoms with Crippen molar-refractivity contribution >= 4 is 5.91 Å². The smallest absolute Gasteiger partial charge is 0.258 e. The summed E-state index contributed by atoms with van der Waals surface area (Å²) in [5.74, 6) is 1.07. The molecule has 27 heavy (non-hydrogen) atoms. The first-order valence-electron chi connectivity index (χ1n) is 9.42. The highest BCUT2D eigenvalue weighted by molar-refractivity contribution is 5.95. The normalized spacial score (nSPS) is 14.4. The summed E-state index contributed by atoms with van der Waals surface area (Å²) in [4.78, 5) is 19.2. The number of carbonyl (C=O) groups is 1. The van der Waals surface area contributed by atoms with E-state index < -0.39 is 0 Å². The van der Waals surface area contributed by atoms with E-state index in [1.54, 1.807) is 0 Å². The molecule has 138 valence electrons. The Morgan fingerprint density at radius 3 is 2.44 bits per heavy atom. The predicted molar refractivity (Wildman–Crippen MR) is 104 cm³/mol. The summed E-state index contributed by atoms with van der Waals surface area (Å²) in [6, 6.07) is 13.7. The maximum atomic E-state index is 12.7. The van der Waals surface area contributed by atoms with E-state index in [2.05, 4.69) is 16.2 Å². The summed E-state index contributed by atoms with van der Waals surface area (Å²) in [5.41, 5.74) is 4.67. The fourth-order valence-corrected chi connectivity index (χ4v) is 3.63. The second-order valence-corrected chi connectivity index (χ2v) is 7.23. The lowest BCUT2D eigenvalue weighted by molar-refractivity contribution is 0.0724. The number of carbonyl (C=O) groups excluding carboxylic acids is 1. The highest BCUT2D eigenvalue weighted by atomic mass is 16.5. The fourth-order valence-electron chi connectivity index (χ4n) is 3.63. The SMILES string of the molecule is Cc1cc(C)cc(-c2nc(-c3cccc(C(=O)N4CCCCC4)c3)no2)c1. The maximum Gasteiger partial charge on any atom is 0.258 e. The van der Waals surface area contributed by atoms with Crippen LogP contribution in [-0.4, -0.2) is 34.0 Å². The Hall–Kier alpha value is -2.95. The number of rotatable bonds is 3. The first-order chi connectivity index (χ1) is 13.1. The van der Waals surface area contributed by atoms with Crippen LogP contribution < -0.4 is 0 Å². The largest absolute Gasteiger partial charge is 0.339 e. The van der Waals surface area contributed by atoms with Crippen molar-refractivity contribution in [3.63, 3.8) is 0 Å². The quantitative estimate of drug-likeness (QED) is 0.681. The molecule has 1 aliphatic heterocycles. The van der Waals surface area contributed by atoms with Crippen LogP contribution in [0.25, 0.3) is 22.8 Å². The van der Waals surface area contributed by atoms with Gasteiger partial charge in [-0.1, -0.05) is 34.5 Å². The van der Waals surface area contributed by atoms with Gasteiger partial charge in [0, 0.05) is 29.8 Å². The summed E-state index contributed by atoms with van der Waals surface area (Å²) in [6.07, 6.45) is 3.36. The molecule has 0 bridgehead atoms. The van der Waals surface area contributed by atoms with Crippen LogP contribution >= 0.6 is 0 Å². The lowest BCUT2D eigenvalue weighted by atomic mass is 10.1. The van der Waals surface area contributed by atoms with Gasteiger partial charge in [-0.15, -0.1) is 0 Å². The third-order valence-electron chi connectivity index (χ3n) is 4.91. The molecule has 1 aliphatic rings. The zero-order valence-corrected chi connectivity index (χ0v) is 15.7. The molecule has 1 amide bonds. The Morgan fingerprint density at radius 2 is 1.70 bits per heavy atom. The van der Waals surface area contributed by atoms with Gasteiger partial charge in [0.1, 0.15) is 0 Å². The van der Waals surface area contributed by atoms with Crippen molar-refractivity contribution in [1.29, 1.82) is 0 Å². The molecule has 0 atom stereocenters. The Balaban J connectivity index is 1.61. The Kier molecular flexibility index (Phi) is 4.75. The maximum absolute atomic E-state index is 12.7. The van der Waals surface area contributed by atoms with E-state index >= 15 is 0 Å². The summed E-state index contributed by atoms with van der Waals surface area (Å²) < 4.78 is 5.48. The van der Waals surface area contributed by atoms with Crippen LogP contribution in [0.15, 0.2) is 47.0 Å². The molecule has 0 aliphatic carbocycles. The number of piperidine rings is 1. The highest BCUT2D eigenvalue weighted by Crippen LogP contribution is 2.25. The molecule has 2 heterocycles. The first kappa shape index (κ1) is 17.5. The van der Waals surface area contributed by atoms with E-state index in [4.69, 9.17) is 4.52 Å². The Labute approximate surface area is 159 Å². The van der Waals surface area contributed by atoms with Gasteiger partial charge in [-0.2, -0.15) is 4.98 Å². The molecule has 5 heteroatoms. The van der Waals surface area contributed by atoms with Gasteiger partial charge < -0.3 is 9.42 Å². The topological polar surface area (TPSA) is 59.2 Å². The number of aryl methyl sites for hydroxylation is 2. The van der Waals surface area contributed by atoms with Crippen LogP contribution in [0.5, 0.6) is 0 Å². The minimum atomic E-state index is 0.0783. The van der Waals surface area contributed by atoms with Gasteiger partial charge >= 0.3 is 0 Å². The molecule has 3 aromatic rings. The predicted octanol–water partition coefficient (Wildman–Crippen LogP) is 4.65. The molecular formula is C22H23N3O2. The van der Waals surface area contributed by atoms with E-state index in [-0.39, 0.29) is 5.91 Å². The second-order valence-electron chi connectivity index (χ2n) is 7.23. The van der Waals surface area contributed by atoms with Gasteiger partial charge in [0.05, 0.1) is 0 Å². The Bertz CT molecular complexity index is 951. The van der Waals surface area contributed by atoms with Gasteiger partial charge in [0.2, 0.25) is 5.82 Å². The van der Waals surface area contributed by atoms with E-state index in [0.29, 0.717) is 17.3 Å². The minimum Gasteiger partial charge on any atom is -0.339 e.